The number of hydrogen-bond donors (Lipinski definition) is 1. The van der Waals surface area contributed by atoms with Gasteiger partial charge in [-0.1, -0.05) is 36.4 Å². The van der Waals surface area contributed by atoms with Crippen LogP contribution in [0, 0.1) is 11.8 Å². The highest BCUT2D eigenvalue weighted by atomic mass is 14.9. The first-order valence-electron chi connectivity index (χ1n) is 7.72. The molecular weight excluding hydrogens is 256 g/mol. The van der Waals surface area contributed by atoms with Crippen molar-refractivity contribution in [2.24, 2.45) is 11.8 Å². The van der Waals surface area contributed by atoms with Gasteiger partial charge in [0.25, 0.3) is 0 Å². The van der Waals surface area contributed by atoms with E-state index in [1.165, 1.54) is 17.4 Å². The van der Waals surface area contributed by atoms with Crippen molar-refractivity contribution in [1.29, 1.82) is 0 Å². The summed E-state index contributed by atoms with van der Waals surface area (Å²) in [6.45, 7) is 6.17. The largest absolute Gasteiger partial charge is 0.316 e. The Balaban J connectivity index is 1.74. The van der Waals surface area contributed by atoms with Crippen LogP contribution in [0.2, 0.25) is 0 Å². The maximum Gasteiger partial charge on any atom is 0.0707 e. The molecule has 1 aliphatic rings. The minimum absolute atomic E-state index is 0.595. The van der Waals surface area contributed by atoms with Crippen LogP contribution in [0.25, 0.3) is 17.0 Å². The number of aromatic nitrogens is 1. The first-order chi connectivity index (χ1) is 10.4. The molecule has 0 saturated carbocycles. The highest BCUT2D eigenvalue weighted by Crippen LogP contribution is 2.25. The maximum absolute atomic E-state index is 4.41. The molecule has 0 amide bonds. The number of allylic oxidation sites excluding steroid dienone is 1. The quantitative estimate of drug-likeness (QED) is 0.853. The van der Waals surface area contributed by atoms with E-state index in [0.717, 1.165) is 25.0 Å². The standard InChI is InChI=1S/C19H22N2/c1-2-15-14-20-12-10-16(15)6-5-7-17-11-13-21-19-9-4-3-8-18(17)19/h2-5,7-9,11,13,15-16,20H,1,6,10,12,14H2/b7-5+/t15-,16+/m0/s1. The van der Waals surface area contributed by atoms with E-state index in [1.54, 1.807) is 0 Å². The van der Waals surface area contributed by atoms with E-state index >= 15 is 0 Å². The van der Waals surface area contributed by atoms with Crippen LogP contribution >= 0.6 is 0 Å². The van der Waals surface area contributed by atoms with Crippen LogP contribution in [0.3, 0.4) is 0 Å². The molecule has 21 heavy (non-hydrogen) atoms. The Morgan fingerprint density at radius 3 is 3.10 bits per heavy atom. The van der Waals surface area contributed by atoms with Gasteiger partial charge in [0, 0.05) is 18.1 Å². The van der Waals surface area contributed by atoms with Crippen LogP contribution in [0.1, 0.15) is 18.4 Å². The average Bonchev–Trinajstić information content (AvgIpc) is 2.55. The van der Waals surface area contributed by atoms with E-state index < -0.39 is 0 Å². The topological polar surface area (TPSA) is 24.9 Å². The number of nitrogens with one attached hydrogen (secondary N) is 1. The van der Waals surface area contributed by atoms with E-state index in [0.29, 0.717) is 11.8 Å². The Hall–Kier alpha value is -1.93. The minimum Gasteiger partial charge on any atom is -0.316 e. The third-order valence-corrected chi connectivity index (χ3v) is 4.40. The van der Waals surface area contributed by atoms with E-state index in [-0.39, 0.29) is 0 Å². The SMILES string of the molecule is C=C[C@H]1CNCC[C@H]1C/C=C/c1ccnc2ccccc12. The zero-order valence-corrected chi connectivity index (χ0v) is 12.3. The number of piperidine rings is 1. The lowest BCUT2D eigenvalue weighted by atomic mass is 9.84. The molecule has 1 saturated heterocycles. The highest BCUT2D eigenvalue weighted by molar-refractivity contribution is 5.87. The molecule has 1 aromatic heterocycles. The van der Waals surface area contributed by atoms with Crippen molar-refractivity contribution in [2.45, 2.75) is 12.8 Å². The lowest BCUT2D eigenvalue weighted by Gasteiger charge is -2.29. The summed E-state index contributed by atoms with van der Waals surface area (Å²) in [6, 6.07) is 10.4. The fourth-order valence-electron chi connectivity index (χ4n) is 3.14. The van der Waals surface area contributed by atoms with Gasteiger partial charge in [-0.05, 0) is 48.9 Å². The molecule has 0 unspecified atom stereocenters. The molecule has 0 bridgehead atoms. The van der Waals surface area contributed by atoms with Crippen molar-refractivity contribution in [2.75, 3.05) is 13.1 Å². The third-order valence-electron chi connectivity index (χ3n) is 4.40. The van der Waals surface area contributed by atoms with Gasteiger partial charge in [0.15, 0.2) is 0 Å². The Kier molecular flexibility index (Phi) is 4.46. The maximum atomic E-state index is 4.41. The second-order valence-corrected chi connectivity index (χ2v) is 5.71. The highest BCUT2D eigenvalue weighted by Gasteiger charge is 2.20. The first-order valence-corrected chi connectivity index (χ1v) is 7.72. The van der Waals surface area contributed by atoms with E-state index in [1.807, 2.05) is 12.3 Å². The van der Waals surface area contributed by atoms with Crippen molar-refractivity contribution in [3.8, 4) is 0 Å². The molecule has 2 aromatic rings. The van der Waals surface area contributed by atoms with Crippen LogP contribution in [0.15, 0.2) is 55.3 Å². The summed E-state index contributed by atoms with van der Waals surface area (Å²) < 4.78 is 0. The molecule has 2 heterocycles. The van der Waals surface area contributed by atoms with E-state index in [9.17, 15) is 0 Å². The van der Waals surface area contributed by atoms with E-state index in [4.69, 9.17) is 0 Å². The summed E-state index contributed by atoms with van der Waals surface area (Å²) in [4.78, 5) is 4.41. The molecule has 3 rings (SSSR count). The molecule has 0 aliphatic carbocycles. The molecule has 1 aliphatic heterocycles. The number of benzene rings is 1. The Labute approximate surface area is 126 Å². The Morgan fingerprint density at radius 1 is 1.29 bits per heavy atom. The van der Waals surface area contributed by atoms with Gasteiger partial charge in [-0.3, -0.25) is 4.98 Å². The fraction of sp³-hybridized carbons (Fsp3) is 0.316. The summed E-state index contributed by atoms with van der Waals surface area (Å²) in [6.07, 6.45) is 10.9. The van der Waals surface area contributed by atoms with Gasteiger partial charge in [-0.2, -0.15) is 0 Å². The number of pyridine rings is 1. The Morgan fingerprint density at radius 2 is 2.19 bits per heavy atom. The lowest BCUT2D eigenvalue weighted by Crippen LogP contribution is -2.35. The summed E-state index contributed by atoms with van der Waals surface area (Å²) in [5.41, 5.74) is 2.31. The van der Waals surface area contributed by atoms with Gasteiger partial charge in [-0.25, -0.2) is 0 Å². The van der Waals surface area contributed by atoms with Gasteiger partial charge in [-0.15, -0.1) is 6.58 Å². The van der Waals surface area contributed by atoms with Gasteiger partial charge in [0.2, 0.25) is 0 Å². The molecule has 1 aromatic carbocycles. The first kappa shape index (κ1) is 14.0. The molecule has 2 nitrogen and oxygen atoms in total. The van der Waals surface area contributed by atoms with E-state index in [2.05, 4.69) is 59.4 Å². The van der Waals surface area contributed by atoms with Crippen LogP contribution in [-0.4, -0.2) is 18.1 Å². The molecule has 0 radical (unpaired) electrons. The molecule has 1 N–H and O–H groups in total. The molecule has 2 atom stereocenters. The van der Waals surface area contributed by atoms with Crippen molar-refractivity contribution >= 4 is 17.0 Å². The van der Waals surface area contributed by atoms with Crippen LogP contribution < -0.4 is 5.32 Å². The third kappa shape index (κ3) is 3.22. The van der Waals surface area contributed by atoms with Crippen molar-refractivity contribution in [3.63, 3.8) is 0 Å². The molecule has 108 valence electrons. The van der Waals surface area contributed by atoms with Gasteiger partial charge >= 0.3 is 0 Å². The van der Waals surface area contributed by atoms with Crippen LogP contribution in [0.4, 0.5) is 0 Å². The van der Waals surface area contributed by atoms with Crippen molar-refractivity contribution in [3.05, 3.63) is 60.8 Å². The van der Waals surface area contributed by atoms with Crippen molar-refractivity contribution in [1.82, 2.24) is 10.3 Å². The van der Waals surface area contributed by atoms with Crippen LogP contribution in [-0.2, 0) is 0 Å². The molecule has 1 fully saturated rings. The number of para-hydroxylation sites is 1. The zero-order valence-electron chi connectivity index (χ0n) is 12.3. The molecular formula is C19H22N2. The number of nitrogens with zero attached hydrogens (tertiary/aromatic N) is 1. The minimum atomic E-state index is 0.595. The summed E-state index contributed by atoms with van der Waals surface area (Å²) >= 11 is 0. The fourth-order valence-corrected chi connectivity index (χ4v) is 3.14. The monoisotopic (exact) mass is 278 g/mol. The normalized spacial score (nSPS) is 22.7. The number of fused-ring (bicyclic) bond motifs is 1. The predicted molar refractivity (Wildman–Crippen MR) is 90.1 cm³/mol. The lowest BCUT2D eigenvalue weighted by molar-refractivity contribution is 0.304. The van der Waals surface area contributed by atoms with Gasteiger partial charge in [0.1, 0.15) is 0 Å². The molecule has 2 heteroatoms. The molecule has 0 spiro atoms. The number of hydrogen-bond acceptors (Lipinski definition) is 2. The average molecular weight is 278 g/mol. The van der Waals surface area contributed by atoms with Gasteiger partial charge < -0.3 is 5.32 Å². The second-order valence-electron chi connectivity index (χ2n) is 5.71. The Bertz CT molecular complexity index is 640. The summed E-state index contributed by atoms with van der Waals surface area (Å²) in [7, 11) is 0. The predicted octanol–water partition coefficient (Wildman–Crippen LogP) is 4.05. The van der Waals surface area contributed by atoms with Gasteiger partial charge in [0.05, 0.1) is 5.52 Å². The van der Waals surface area contributed by atoms with Crippen molar-refractivity contribution < 1.29 is 0 Å². The zero-order chi connectivity index (χ0) is 14.5. The smallest absolute Gasteiger partial charge is 0.0707 e. The summed E-state index contributed by atoms with van der Waals surface area (Å²) in [5, 5.41) is 4.67. The second kappa shape index (κ2) is 6.68. The number of rotatable bonds is 4. The van der Waals surface area contributed by atoms with Crippen LogP contribution in [0.5, 0.6) is 0 Å². The summed E-state index contributed by atoms with van der Waals surface area (Å²) in [5.74, 6) is 1.31.